The summed E-state index contributed by atoms with van der Waals surface area (Å²) in [7, 11) is -4.02. The fourth-order valence-corrected chi connectivity index (χ4v) is 3.46. The molecule has 0 amide bonds. The summed E-state index contributed by atoms with van der Waals surface area (Å²) in [6, 6.07) is 1.06. The molecule has 8 heteroatoms. The lowest BCUT2D eigenvalue weighted by atomic mass is 10.3. The van der Waals surface area contributed by atoms with Crippen LogP contribution in [0.15, 0.2) is 21.5 Å². The molecule has 1 atom stereocenters. The predicted molar refractivity (Wildman–Crippen MR) is 63.6 cm³/mol. The van der Waals surface area contributed by atoms with E-state index < -0.39 is 26.6 Å². The summed E-state index contributed by atoms with van der Waals surface area (Å²) in [6.07, 6.45) is 0.531. The molecule has 0 spiro atoms. The minimum Gasteiger partial charge on any atom is -0.380 e. The SMILES string of the molecule is O=S(=O)(NC1CCOC1)c1cc(Br)c(F)cc1F. The number of benzene rings is 1. The lowest BCUT2D eigenvalue weighted by molar-refractivity contribution is 0.192. The minimum atomic E-state index is -4.02. The van der Waals surface area contributed by atoms with Crippen molar-refractivity contribution in [2.45, 2.75) is 17.4 Å². The van der Waals surface area contributed by atoms with Gasteiger partial charge in [-0.2, -0.15) is 0 Å². The Kier molecular flexibility index (Phi) is 4.00. The van der Waals surface area contributed by atoms with Crippen molar-refractivity contribution in [3.63, 3.8) is 0 Å². The molecule has 18 heavy (non-hydrogen) atoms. The van der Waals surface area contributed by atoms with Crippen LogP contribution in [0.5, 0.6) is 0 Å². The normalized spacial score (nSPS) is 20.3. The Morgan fingerprint density at radius 2 is 2.06 bits per heavy atom. The number of halogens is 3. The van der Waals surface area contributed by atoms with E-state index in [4.69, 9.17) is 4.74 Å². The van der Waals surface area contributed by atoms with Crippen molar-refractivity contribution in [3.05, 3.63) is 28.2 Å². The first-order chi connectivity index (χ1) is 8.40. The van der Waals surface area contributed by atoms with Crippen LogP contribution in [0.4, 0.5) is 8.78 Å². The second-order valence-electron chi connectivity index (χ2n) is 3.88. The Balaban J connectivity index is 2.31. The van der Waals surface area contributed by atoms with Crippen LogP contribution in [-0.4, -0.2) is 27.7 Å². The van der Waals surface area contributed by atoms with Gasteiger partial charge in [-0.3, -0.25) is 0 Å². The molecule has 0 aliphatic carbocycles. The molecule has 100 valence electrons. The van der Waals surface area contributed by atoms with E-state index in [9.17, 15) is 17.2 Å². The molecule has 0 bridgehead atoms. The second kappa shape index (κ2) is 5.20. The van der Waals surface area contributed by atoms with Gasteiger partial charge in [-0.15, -0.1) is 0 Å². The number of rotatable bonds is 3. The minimum absolute atomic E-state index is 0.105. The maximum Gasteiger partial charge on any atom is 0.243 e. The van der Waals surface area contributed by atoms with Crippen LogP contribution < -0.4 is 4.72 Å². The van der Waals surface area contributed by atoms with E-state index in [2.05, 4.69) is 20.7 Å². The third kappa shape index (κ3) is 2.87. The Hall–Kier alpha value is -0.570. The average Bonchev–Trinajstić information content (AvgIpc) is 2.75. The summed E-state index contributed by atoms with van der Waals surface area (Å²) in [4.78, 5) is -0.581. The molecule has 1 unspecified atom stereocenters. The Bertz CT molecular complexity index is 558. The standard InChI is InChI=1S/C10H10BrF2NO3S/c11-7-3-10(9(13)4-8(7)12)18(15,16)14-6-1-2-17-5-6/h3-4,6,14H,1-2,5H2. The van der Waals surface area contributed by atoms with Crippen LogP contribution in [0.1, 0.15) is 6.42 Å². The van der Waals surface area contributed by atoms with Crippen molar-refractivity contribution in [2.24, 2.45) is 0 Å². The van der Waals surface area contributed by atoms with Crippen LogP contribution in [0.2, 0.25) is 0 Å². The zero-order valence-electron chi connectivity index (χ0n) is 9.12. The lowest BCUT2D eigenvalue weighted by Crippen LogP contribution is -2.35. The molecule has 1 heterocycles. The summed E-state index contributed by atoms with van der Waals surface area (Å²) in [6.45, 7) is 0.714. The van der Waals surface area contributed by atoms with Crippen LogP contribution in [-0.2, 0) is 14.8 Å². The summed E-state index contributed by atoms with van der Waals surface area (Å²) < 4.78 is 57.6. The zero-order valence-corrected chi connectivity index (χ0v) is 11.5. The average molecular weight is 342 g/mol. The summed E-state index contributed by atoms with van der Waals surface area (Å²) in [5, 5.41) is 0. The van der Waals surface area contributed by atoms with Crippen LogP contribution in [0, 0.1) is 11.6 Å². The highest BCUT2D eigenvalue weighted by atomic mass is 79.9. The van der Waals surface area contributed by atoms with Crippen LogP contribution in [0.3, 0.4) is 0 Å². The fourth-order valence-electron chi connectivity index (χ4n) is 1.62. The highest BCUT2D eigenvalue weighted by Gasteiger charge is 2.26. The molecule has 1 aromatic rings. The third-order valence-electron chi connectivity index (χ3n) is 2.52. The lowest BCUT2D eigenvalue weighted by Gasteiger charge is -2.12. The first-order valence-corrected chi connectivity index (χ1v) is 7.42. The van der Waals surface area contributed by atoms with Crippen LogP contribution >= 0.6 is 15.9 Å². The van der Waals surface area contributed by atoms with Gasteiger partial charge >= 0.3 is 0 Å². The Labute approximate surface area is 112 Å². The number of hydrogen-bond donors (Lipinski definition) is 1. The van der Waals surface area contributed by atoms with Gasteiger partial charge in [0.1, 0.15) is 16.5 Å². The van der Waals surface area contributed by atoms with E-state index in [1.54, 1.807) is 0 Å². The highest BCUT2D eigenvalue weighted by Crippen LogP contribution is 2.24. The topological polar surface area (TPSA) is 55.4 Å². The number of sulfonamides is 1. The molecule has 1 aliphatic heterocycles. The van der Waals surface area contributed by atoms with Crippen molar-refractivity contribution in [3.8, 4) is 0 Å². The molecule has 0 radical (unpaired) electrons. The Morgan fingerprint density at radius 3 is 2.67 bits per heavy atom. The van der Waals surface area contributed by atoms with Crippen molar-refractivity contribution >= 4 is 26.0 Å². The van der Waals surface area contributed by atoms with Gasteiger partial charge in [-0.25, -0.2) is 21.9 Å². The number of hydrogen-bond acceptors (Lipinski definition) is 3. The molecule has 1 aromatic carbocycles. The van der Waals surface area contributed by atoms with Crippen LogP contribution in [0.25, 0.3) is 0 Å². The predicted octanol–water partition coefficient (Wildman–Crippen LogP) is 1.79. The van der Waals surface area contributed by atoms with Gasteiger partial charge in [-0.05, 0) is 28.4 Å². The summed E-state index contributed by atoms with van der Waals surface area (Å²) in [5.41, 5.74) is 0. The molecule has 1 aliphatic rings. The Morgan fingerprint density at radius 1 is 1.33 bits per heavy atom. The molecule has 0 saturated carbocycles. The van der Waals surface area contributed by atoms with Gasteiger partial charge in [0, 0.05) is 18.7 Å². The zero-order chi connectivity index (χ0) is 13.3. The van der Waals surface area contributed by atoms with E-state index >= 15 is 0 Å². The monoisotopic (exact) mass is 341 g/mol. The second-order valence-corrected chi connectivity index (χ2v) is 6.42. The fraction of sp³-hybridized carbons (Fsp3) is 0.400. The van der Waals surface area contributed by atoms with Gasteiger partial charge in [0.2, 0.25) is 10.0 Å². The molecular formula is C10H10BrF2NO3S. The molecule has 1 saturated heterocycles. The van der Waals surface area contributed by atoms with Gasteiger partial charge in [0.05, 0.1) is 11.1 Å². The first-order valence-electron chi connectivity index (χ1n) is 5.15. The van der Waals surface area contributed by atoms with Gasteiger partial charge in [0.15, 0.2) is 0 Å². The van der Waals surface area contributed by atoms with Crippen molar-refractivity contribution < 1.29 is 21.9 Å². The maximum absolute atomic E-state index is 13.5. The van der Waals surface area contributed by atoms with Crippen molar-refractivity contribution in [2.75, 3.05) is 13.2 Å². The van der Waals surface area contributed by atoms with Gasteiger partial charge in [-0.1, -0.05) is 0 Å². The molecular weight excluding hydrogens is 332 g/mol. The molecule has 0 aromatic heterocycles. The third-order valence-corrected chi connectivity index (χ3v) is 4.66. The van der Waals surface area contributed by atoms with E-state index in [0.29, 0.717) is 19.1 Å². The first kappa shape index (κ1) is 13.9. The maximum atomic E-state index is 13.5. The summed E-state index contributed by atoms with van der Waals surface area (Å²) in [5.74, 6) is -1.97. The smallest absolute Gasteiger partial charge is 0.243 e. The van der Waals surface area contributed by atoms with Gasteiger partial charge < -0.3 is 4.74 Å². The summed E-state index contributed by atoms with van der Waals surface area (Å²) >= 11 is 2.83. The largest absolute Gasteiger partial charge is 0.380 e. The van der Waals surface area contributed by atoms with Gasteiger partial charge in [0.25, 0.3) is 0 Å². The van der Waals surface area contributed by atoms with E-state index in [-0.39, 0.29) is 17.1 Å². The number of nitrogens with one attached hydrogen (secondary N) is 1. The van der Waals surface area contributed by atoms with Crippen molar-refractivity contribution in [1.29, 1.82) is 0 Å². The highest BCUT2D eigenvalue weighted by molar-refractivity contribution is 9.10. The molecule has 1 N–H and O–H groups in total. The van der Waals surface area contributed by atoms with E-state index in [1.165, 1.54) is 0 Å². The molecule has 1 fully saturated rings. The molecule has 2 rings (SSSR count). The van der Waals surface area contributed by atoms with E-state index in [1.807, 2.05) is 0 Å². The number of ether oxygens (including phenoxy) is 1. The molecule has 4 nitrogen and oxygen atoms in total. The van der Waals surface area contributed by atoms with E-state index in [0.717, 1.165) is 6.07 Å². The quantitative estimate of drug-likeness (QED) is 0.853. The van der Waals surface area contributed by atoms with Crippen molar-refractivity contribution in [1.82, 2.24) is 4.72 Å².